The van der Waals surface area contributed by atoms with E-state index in [1.165, 1.54) is 10.4 Å². The molecule has 0 spiro atoms. The van der Waals surface area contributed by atoms with E-state index in [-0.39, 0.29) is 22.8 Å². The van der Waals surface area contributed by atoms with E-state index in [2.05, 4.69) is 10.6 Å². The summed E-state index contributed by atoms with van der Waals surface area (Å²) in [7, 11) is -3.51. The molecule has 2 amide bonds. The second kappa shape index (κ2) is 10.8. The van der Waals surface area contributed by atoms with Crippen LogP contribution in [0.3, 0.4) is 0 Å². The fraction of sp³-hybridized carbons (Fsp3) is 0.360. The van der Waals surface area contributed by atoms with Crippen molar-refractivity contribution < 1.29 is 18.0 Å². The predicted molar refractivity (Wildman–Crippen MR) is 129 cm³/mol. The Morgan fingerprint density at radius 3 is 2.18 bits per heavy atom. The molecule has 3 rings (SSSR count). The average molecular weight is 470 g/mol. The fourth-order valence-electron chi connectivity index (χ4n) is 3.40. The summed E-state index contributed by atoms with van der Waals surface area (Å²) < 4.78 is 26.6. The minimum Gasteiger partial charge on any atom is -0.349 e. The highest BCUT2D eigenvalue weighted by Crippen LogP contribution is 2.20. The Hall–Kier alpha value is -2.97. The van der Waals surface area contributed by atoms with Gasteiger partial charge in [-0.1, -0.05) is 38.1 Å². The standard InChI is InChI=1S/C25H31N3O4S/c1-4-28(5-2)33(31,32)23-15-11-20(12-16-23)18(3)26-24(29)17-8-19-6-9-21(10-7-19)25(30)27-22-13-14-22/h6-12,15-18,22H,4-5,13-14H2,1-3H3,(H,26,29)(H,27,30)/b17-8+. The zero-order valence-electron chi connectivity index (χ0n) is 19.2. The Morgan fingerprint density at radius 1 is 1.03 bits per heavy atom. The van der Waals surface area contributed by atoms with Crippen LogP contribution in [0.25, 0.3) is 6.08 Å². The largest absolute Gasteiger partial charge is 0.349 e. The maximum absolute atomic E-state index is 12.6. The van der Waals surface area contributed by atoms with Crippen LogP contribution in [-0.4, -0.2) is 43.7 Å². The van der Waals surface area contributed by atoms with E-state index in [0.29, 0.717) is 24.7 Å². The van der Waals surface area contributed by atoms with Gasteiger partial charge in [0.05, 0.1) is 10.9 Å². The van der Waals surface area contributed by atoms with Crippen LogP contribution in [-0.2, 0) is 14.8 Å². The molecule has 2 aromatic carbocycles. The fourth-order valence-corrected chi connectivity index (χ4v) is 4.86. The van der Waals surface area contributed by atoms with Crippen LogP contribution in [0.4, 0.5) is 0 Å². The Kier molecular flexibility index (Phi) is 8.05. The Morgan fingerprint density at radius 2 is 1.64 bits per heavy atom. The lowest BCUT2D eigenvalue weighted by Gasteiger charge is -2.19. The van der Waals surface area contributed by atoms with Crippen LogP contribution in [0.15, 0.2) is 59.5 Å². The highest BCUT2D eigenvalue weighted by Gasteiger charge is 2.24. The van der Waals surface area contributed by atoms with Crippen LogP contribution >= 0.6 is 0 Å². The highest BCUT2D eigenvalue weighted by molar-refractivity contribution is 7.89. The van der Waals surface area contributed by atoms with Gasteiger partial charge in [-0.3, -0.25) is 9.59 Å². The summed E-state index contributed by atoms with van der Waals surface area (Å²) in [5, 5.41) is 5.82. The van der Waals surface area contributed by atoms with Gasteiger partial charge in [-0.2, -0.15) is 4.31 Å². The van der Waals surface area contributed by atoms with Crippen molar-refractivity contribution in [1.29, 1.82) is 0 Å². The molecule has 0 saturated heterocycles. The van der Waals surface area contributed by atoms with Gasteiger partial charge in [-0.15, -0.1) is 0 Å². The Labute approximate surface area is 195 Å². The molecule has 0 radical (unpaired) electrons. The summed E-state index contributed by atoms with van der Waals surface area (Å²) in [5.41, 5.74) is 2.22. The van der Waals surface area contributed by atoms with Crippen LogP contribution in [0, 0.1) is 0 Å². The molecule has 176 valence electrons. The highest BCUT2D eigenvalue weighted by atomic mass is 32.2. The van der Waals surface area contributed by atoms with Crippen LogP contribution in [0.2, 0.25) is 0 Å². The monoisotopic (exact) mass is 469 g/mol. The molecule has 1 aliphatic rings. The van der Waals surface area contributed by atoms with E-state index in [1.807, 2.05) is 6.92 Å². The van der Waals surface area contributed by atoms with Gasteiger partial charge in [0.2, 0.25) is 15.9 Å². The molecule has 7 nitrogen and oxygen atoms in total. The number of rotatable bonds is 10. The molecule has 1 aliphatic carbocycles. The predicted octanol–water partition coefficient (Wildman–Crippen LogP) is 3.50. The first-order valence-corrected chi connectivity index (χ1v) is 12.7. The minimum absolute atomic E-state index is 0.0736. The lowest BCUT2D eigenvalue weighted by atomic mass is 10.1. The number of amides is 2. The molecule has 2 aromatic rings. The molecule has 0 aliphatic heterocycles. The van der Waals surface area contributed by atoms with E-state index in [4.69, 9.17) is 0 Å². The maximum Gasteiger partial charge on any atom is 0.251 e. The van der Waals surface area contributed by atoms with E-state index < -0.39 is 10.0 Å². The Balaban J connectivity index is 1.56. The molecule has 2 N–H and O–H groups in total. The van der Waals surface area contributed by atoms with Gasteiger partial charge in [-0.05, 0) is 61.2 Å². The van der Waals surface area contributed by atoms with E-state index >= 15 is 0 Å². The van der Waals surface area contributed by atoms with Gasteiger partial charge in [0.15, 0.2) is 0 Å². The summed E-state index contributed by atoms with van der Waals surface area (Å²) in [6.45, 7) is 6.28. The Bertz CT molecular complexity index is 1100. The van der Waals surface area contributed by atoms with Crippen molar-refractivity contribution in [3.63, 3.8) is 0 Å². The van der Waals surface area contributed by atoms with Gasteiger partial charge in [0.25, 0.3) is 5.91 Å². The minimum atomic E-state index is -3.51. The molecule has 1 atom stereocenters. The first-order valence-electron chi connectivity index (χ1n) is 11.2. The zero-order chi connectivity index (χ0) is 24.0. The molecule has 1 saturated carbocycles. The van der Waals surface area contributed by atoms with Gasteiger partial charge in [0, 0.05) is 30.8 Å². The summed E-state index contributed by atoms with van der Waals surface area (Å²) in [6.07, 6.45) is 5.21. The van der Waals surface area contributed by atoms with Gasteiger partial charge < -0.3 is 10.6 Å². The van der Waals surface area contributed by atoms with Crippen molar-refractivity contribution in [3.8, 4) is 0 Å². The second-order valence-corrected chi connectivity index (χ2v) is 10.0. The third-order valence-corrected chi connectivity index (χ3v) is 7.66. The molecule has 8 heteroatoms. The first-order chi connectivity index (χ1) is 15.7. The van der Waals surface area contributed by atoms with Crippen molar-refractivity contribution >= 4 is 27.9 Å². The molecular formula is C25H31N3O4S. The van der Waals surface area contributed by atoms with Crippen molar-refractivity contribution in [3.05, 3.63) is 71.3 Å². The van der Waals surface area contributed by atoms with Crippen molar-refractivity contribution in [2.75, 3.05) is 13.1 Å². The topological polar surface area (TPSA) is 95.6 Å². The molecule has 0 bridgehead atoms. The van der Waals surface area contributed by atoms with Gasteiger partial charge in [-0.25, -0.2) is 8.42 Å². The molecule has 0 heterocycles. The number of hydrogen-bond acceptors (Lipinski definition) is 4. The number of carbonyl (C=O) groups excluding carboxylic acids is 2. The smallest absolute Gasteiger partial charge is 0.251 e. The lowest BCUT2D eigenvalue weighted by Crippen LogP contribution is -2.30. The molecule has 0 aromatic heterocycles. The zero-order valence-corrected chi connectivity index (χ0v) is 20.1. The number of sulfonamides is 1. The van der Waals surface area contributed by atoms with Gasteiger partial charge >= 0.3 is 0 Å². The van der Waals surface area contributed by atoms with Crippen molar-refractivity contribution in [2.24, 2.45) is 0 Å². The summed E-state index contributed by atoms with van der Waals surface area (Å²) in [4.78, 5) is 24.6. The summed E-state index contributed by atoms with van der Waals surface area (Å²) in [5.74, 6) is -0.339. The van der Waals surface area contributed by atoms with Gasteiger partial charge in [0.1, 0.15) is 0 Å². The molecule has 1 fully saturated rings. The number of carbonyl (C=O) groups is 2. The lowest BCUT2D eigenvalue weighted by molar-refractivity contribution is -0.117. The maximum atomic E-state index is 12.6. The summed E-state index contributed by atoms with van der Waals surface area (Å²) in [6, 6.07) is 13.7. The van der Waals surface area contributed by atoms with Crippen LogP contribution in [0.5, 0.6) is 0 Å². The number of hydrogen-bond donors (Lipinski definition) is 2. The molecule has 33 heavy (non-hydrogen) atoms. The van der Waals surface area contributed by atoms with E-state index in [0.717, 1.165) is 24.0 Å². The number of nitrogens with zero attached hydrogens (tertiary/aromatic N) is 1. The quantitative estimate of drug-likeness (QED) is 0.521. The number of nitrogens with one attached hydrogen (secondary N) is 2. The molecular weight excluding hydrogens is 438 g/mol. The third-order valence-electron chi connectivity index (χ3n) is 5.59. The third kappa shape index (κ3) is 6.52. The first kappa shape index (κ1) is 24.7. The normalized spacial score (nSPS) is 14.9. The van der Waals surface area contributed by atoms with Crippen molar-refractivity contribution in [2.45, 2.75) is 50.6 Å². The SMILES string of the molecule is CCN(CC)S(=O)(=O)c1ccc(C(C)NC(=O)/C=C/c2ccc(C(=O)NC3CC3)cc2)cc1. The van der Waals surface area contributed by atoms with E-state index in [1.54, 1.807) is 68.5 Å². The number of benzene rings is 2. The summed E-state index contributed by atoms with van der Waals surface area (Å²) >= 11 is 0. The second-order valence-electron chi connectivity index (χ2n) is 8.09. The van der Waals surface area contributed by atoms with Crippen molar-refractivity contribution in [1.82, 2.24) is 14.9 Å². The average Bonchev–Trinajstić information content (AvgIpc) is 3.62. The van der Waals surface area contributed by atoms with Crippen LogP contribution in [0.1, 0.15) is 61.1 Å². The molecule has 1 unspecified atom stereocenters. The van der Waals surface area contributed by atoms with Crippen LogP contribution < -0.4 is 10.6 Å². The van der Waals surface area contributed by atoms with E-state index in [9.17, 15) is 18.0 Å².